The maximum atomic E-state index is 6.79. The van der Waals surface area contributed by atoms with Crippen molar-refractivity contribution in [1.82, 2.24) is 44.0 Å². The highest BCUT2D eigenvalue weighted by molar-refractivity contribution is 8.00. The molecular formula is C114H78N10OS. The lowest BCUT2D eigenvalue weighted by Crippen LogP contribution is -2.19. The average molecular weight is 1640 g/mol. The number of rotatable bonds is 8. The number of pyridine rings is 4. The molecule has 0 saturated heterocycles. The molecule has 8 aromatic heterocycles. The minimum Gasteiger partial charge on any atom is -0.454 e. The van der Waals surface area contributed by atoms with Crippen LogP contribution < -0.4 is 4.90 Å². The molecule has 25 rings (SSSR count). The molecule has 0 atom stereocenters. The molecule has 10 heterocycles. The molecule has 14 aromatic carbocycles. The lowest BCUT2D eigenvalue weighted by molar-refractivity contribution is 0.646. The van der Waals surface area contributed by atoms with E-state index in [0.29, 0.717) is 17.6 Å². The fourth-order valence-electron chi connectivity index (χ4n) is 19.0. The molecule has 0 fully saturated rings. The first-order valence-corrected chi connectivity index (χ1v) is 43.4. The van der Waals surface area contributed by atoms with E-state index in [1.165, 1.54) is 75.8 Å². The van der Waals surface area contributed by atoms with Crippen LogP contribution in [0.5, 0.6) is 0 Å². The van der Waals surface area contributed by atoms with Crippen molar-refractivity contribution in [2.75, 3.05) is 4.90 Å². The molecule has 2 aliphatic heterocycles. The maximum absolute atomic E-state index is 6.79. The summed E-state index contributed by atoms with van der Waals surface area (Å²) in [5.41, 5.74) is 33.6. The van der Waals surface area contributed by atoms with Gasteiger partial charge in [-0.15, -0.1) is 0 Å². The Balaban J connectivity index is 0.000000109. The van der Waals surface area contributed by atoms with E-state index >= 15 is 0 Å². The number of aromatic nitrogens is 9. The highest BCUT2D eigenvalue weighted by Gasteiger charge is 2.38. The zero-order valence-electron chi connectivity index (χ0n) is 69.4. The van der Waals surface area contributed by atoms with Gasteiger partial charge in [-0.05, 0) is 155 Å². The molecule has 0 bridgehead atoms. The van der Waals surface area contributed by atoms with Crippen LogP contribution in [0.3, 0.4) is 0 Å². The number of hydrogen-bond donors (Lipinski definition) is 0. The molecular weight excluding hydrogens is 1560 g/mol. The first-order valence-electron chi connectivity index (χ1n) is 42.6. The Hall–Kier alpha value is -16.0. The van der Waals surface area contributed by atoms with Crippen molar-refractivity contribution in [2.24, 2.45) is 0 Å². The minimum absolute atomic E-state index is 0.244. The topological polar surface area (TPSA) is 116 Å². The monoisotopic (exact) mass is 1630 g/mol. The lowest BCUT2D eigenvalue weighted by atomic mass is 9.75. The van der Waals surface area contributed by atoms with E-state index in [9.17, 15) is 0 Å². The van der Waals surface area contributed by atoms with Gasteiger partial charge in [-0.2, -0.15) is 9.97 Å². The summed E-state index contributed by atoms with van der Waals surface area (Å²) in [7, 11) is 0. The highest BCUT2D eigenvalue weighted by Crippen LogP contribution is 2.57. The predicted molar refractivity (Wildman–Crippen MR) is 516 cm³/mol. The van der Waals surface area contributed by atoms with Crippen molar-refractivity contribution in [1.29, 1.82) is 0 Å². The summed E-state index contributed by atoms with van der Waals surface area (Å²) in [6.07, 6.45) is 3.76. The van der Waals surface area contributed by atoms with Gasteiger partial charge in [0, 0.05) is 116 Å². The van der Waals surface area contributed by atoms with Gasteiger partial charge in [-0.3, -0.25) is 14.5 Å². The molecule has 22 aromatic rings. The zero-order chi connectivity index (χ0) is 84.1. The molecule has 0 spiro atoms. The van der Waals surface area contributed by atoms with Gasteiger partial charge >= 0.3 is 0 Å². The number of para-hydroxylation sites is 4. The summed E-state index contributed by atoms with van der Waals surface area (Å²) < 4.78 is 11.4. The van der Waals surface area contributed by atoms with Crippen LogP contribution in [0.1, 0.15) is 36.2 Å². The SMILES string of the molecule is CC1(C)c2ccccc2-c2nc(-c3cc(-c4ccccc4)cc(-c4ccccc4)n3)c3oc4ccccc4c3c2-c2ccccc21.Cc1c2c(n(-c3nc(-c4ccccc4)nc(-c4ccccc4)n3)c1C)-c1ccccc1Sc1c-2ccc2ccccc12.c1ccc(N2c3cccnc3-c3cc4c5ccccc5n(-c5ccccc5)c4cc3-c3ncccc32)cc1. The second kappa shape index (κ2) is 30.8. The number of benzene rings is 14. The van der Waals surface area contributed by atoms with Gasteiger partial charge in [0.25, 0.3) is 0 Å². The Morgan fingerprint density at radius 1 is 0.333 bits per heavy atom. The van der Waals surface area contributed by atoms with Crippen LogP contribution in [0, 0.1) is 13.8 Å². The number of furan rings is 1. The molecule has 3 aliphatic rings. The van der Waals surface area contributed by atoms with E-state index in [-0.39, 0.29) is 5.41 Å². The molecule has 0 saturated carbocycles. The fraction of sp³-hybridized carbons (Fsp3) is 0.0439. The van der Waals surface area contributed by atoms with E-state index in [4.69, 9.17) is 39.3 Å². The summed E-state index contributed by atoms with van der Waals surface area (Å²) in [5, 5.41) is 7.08. The van der Waals surface area contributed by atoms with Crippen LogP contribution in [0.4, 0.5) is 17.1 Å². The van der Waals surface area contributed by atoms with Crippen molar-refractivity contribution < 1.29 is 4.42 Å². The smallest absolute Gasteiger partial charge is 0.238 e. The molecule has 596 valence electrons. The van der Waals surface area contributed by atoms with Gasteiger partial charge in [-0.1, -0.05) is 323 Å². The molecule has 1 aliphatic carbocycles. The van der Waals surface area contributed by atoms with Gasteiger partial charge in [0.1, 0.15) is 11.3 Å². The van der Waals surface area contributed by atoms with Gasteiger partial charge in [-0.25, -0.2) is 15.0 Å². The summed E-state index contributed by atoms with van der Waals surface area (Å²) in [6, 6.07) is 136. The second-order valence-electron chi connectivity index (χ2n) is 32.6. The molecule has 0 radical (unpaired) electrons. The van der Waals surface area contributed by atoms with Gasteiger partial charge in [0.2, 0.25) is 5.95 Å². The van der Waals surface area contributed by atoms with Gasteiger partial charge < -0.3 is 13.9 Å². The third-order valence-corrected chi connectivity index (χ3v) is 26.2. The van der Waals surface area contributed by atoms with Crippen molar-refractivity contribution in [2.45, 2.75) is 42.9 Å². The third-order valence-electron chi connectivity index (χ3n) is 25.0. The van der Waals surface area contributed by atoms with Crippen LogP contribution in [0.15, 0.2) is 415 Å². The second-order valence-corrected chi connectivity index (χ2v) is 33.7. The van der Waals surface area contributed by atoms with E-state index in [1.54, 1.807) is 0 Å². The maximum Gasteiger partial charge on any atom is 0.238 e. The van der Waals surface area contributed by atoms with E-state index in [0.717, 1.165) is 146 Å². The lowest BCUT2D eigenvalue weighted by Gasteiger charge is -2.28. The largest absolute Gasteiger partial charge is 0.454 e. The number of hydrogen-bond acceptors (Lipinski definition) is 10. The molecule has 11 nitrogen and oxygen atoms in total. The first kappa shape index (κ1) is 75.0. The Morgan fingerprint density at radius 2 is 0.865 bits per heavy atom. The normalized spacial score (nSPS) is 12.5. The van der Waals surface area contributed by atoms with E-state index in [1.807, 2.05) is 97.0 Å². The number of nitrogens with zero attached hydrogens (tertiary/aromatic N) is 10. The standard InChI is InChI=1S/C43H30N2O.C37H26N4S.C34H22N4/c1-43(2)33-22-12-9-19-30(33)38-39-32-21-11-14-24-37(32)46-42(39)41(45-40(38)31-20-10-13-23-34(31)43)36-26-29(27-15-5-3-6-16-27)25-35(44-36)28-17-7-4-8-18-28;1-23-24(2)41(37-39-35(26-14-5-3-6-15-26)38-36(40-37)27-16-7-4-8-17-27)33-29-19-11-12-20-31(29)42-34-28-18-10-9-13-25(28)21-22-30(34)32(23)33;1-3-11-23(12-4-1)37-29-16-8-7-15-25(29)26-21-27-28(22-32(26)37)34-31(18-10-20-36-34)38(24-13-5-2-6-14-24)30-17-9-19-35-33(27)30/h3-26H,1-2H3;3-22H,1-2H3;1-22H. The predicted octanol–water partition coefficient (Wildman–Crippen LogP) is 29.6. The molecule has 0 unspecified atom stereocenters. The highest BCUT2D eigenvalue weighted by atomic mass is 32.2. The van der Waals surface area contributed by atoms with Gasteiger partial charge in [0.15, 0.2) is 17.2 Å². The first-order chi connectivity index (χ1) is 62.1. The van der Waals surface area contributed by atoms with Crippen LogP contribution in [-0.4, -0.2) is 44.0 Å². The summed E-state index contributed by atoms with van der Waals surface area (Å²) in [4.78, 5) is 40.8. The number of anilines is 3. The Bertz CT molecular complexity index is 7930. The molecule has 0 amide bonds. The van der Waals surface area contributed by atoms with Gasteiger partial charge in [0.05, 0.1) is 56.6 Å². The average Bonchev–Trinajstić information content (AvgIpc) is 1.56. The minimum atomic E-state index is -0.244. The van der Waals surface area contributed by atoms with Crippen LogP contribution in [0.25, 0.3) is 190 Å². The molecule has 0 N–H and O–H groups in total. The molecule has 12 heteroatoms. The number of fused-ring (bicyclic) bond motifs is 24. The van der Waals surface area contributed by atoms with E-state index in [2.05, 4.69) is 357 Å². The van der Waals surface area contributed by atoms with Crippen molar-refractivity contribution in [3.63, 3.8) is 0 Å². The van der Waals surface area contributed by atoms with Crippen LogP contribution in [0.2, 0.25) is 0 Å². The van der Waals surface area contributed by atoms with Crippen molar-refractivity contribution >= 4 is 83.3 Å². The summed E-state index contributed by atoms with van der Waals surface area (Å²) >= 11 is 1.85. The Labute approximate surface area is 733 Å². The van der Waals surface area contributed by atoms with Crippen LogP contribution in [-0.2, 0) is 5.41 Å². The quantitative estimate of drug-likeness (QED) is 0.146. The zero-order valence-corrected chi connectivity index (χ0v) is 70.2. The van der Waals surface area contributed by atoms with E-state index < -0.39 is 0 Å². The summed E-state index contributed by atoms with van der Waals surface area (Å²) in [6.45, 7) is 9.03. The Morgan fingerprint density at radius 3 is 1.54 bits per heavy atom. The fourth-order valence-corrected chi connectivity index (χ4v) is 20.2. The molecule has 126 heavy (non-hydrogen) atoms. The summed E-state index contributed by atoms with van der Waals surface area (Å²) in [5.74, 6) is 1.93. The van der Waals surface area contributed by atoms with Crippen molar-refractivity contribution in [3.8, 4) is 135 Å². The van der Waals surface area contributed by atoms with Crippen LogP contribution >= 0.6 is 11.8 Å². The third kappa shape index (κ3) is 12.6. The Kier molecular flexibility index (Phi) is 18.4. The van der Waals surface area contributed by atoms with Crippen molar-refractivity contribution in [3.05, 3.63) is 423 Å².